The summed E-state index contributed by atoms with van der Waals surface area (Å²) in [5.74, 6) is 6.05. The molecule has 0 aromatic heterocycles. The monoisotopic (exact) mass is 136 g/mol. The lowest BCUT2D eigenvalue weighted by Crippen LogP contribution is -1.61. The van der Waals surface area contributed by atoms with E-state index >= 15 is 0 Å². The van der Waals surface area contributed by atoms with Gasteiger partial charge in [0.15, 0.2) is 0 Å². The molecule has 0 rings (SSSR count). The Morgan fingerprint density at radius 1 is 1.20 bits per heavy atom. The molecule has 0 unspecified atom stereocenters. The molecule has 0 aromatic rings. The van der Waals surface area contributed by atoms with Gasteiger partial charge in [-0.1, -0.05) is 38.2 Å². The van der Waals surface area contributed by atoms with E-state index in [1.54, 1.807) is 0 Å². The van der Waals surface area contributed by atoms with Crippen LogP contribution in [-0.2, 0) is 0 Å². The van der Waals surface area contributed by atoms with E-state index in [2.05, 4.69) is 31.8 Å². The summed E-state index contributed by atoms with van der Waals surface area (Å²) in [5.41, 5.74) is 0. The molecule has 0 radical (unpaired) electrons. The molecule has 10 heavy (non-hydrogen) atoms. The van der Waals surface area contributed by atoms with Gasteiger partial charge >= 0.3 is 0 Å². The number of unbranched alkanes of at least 4 members (excludes halogenated alkanes) is 2. The molecule has 0 amide bonds. The molecule has 0 fully saturated rings. The van der Waals surface area contributed by atoms with Gasteiger partial charge < -0.3 is 0 Å². The highest BCUT2D eigenvalue weighted by Crippen LogP contribution is 1.87. The maximum Gasteiger partial charge on any atom is 0.00896 e. The largest absolute Gasteiger partial charge is 0.0985 e. The molecule has 0 saturated carbocycles. The molecular formula is C10H16. The normalized spacial score (nSPS) is 9.40. The Hall–Kier alpha value is -0.700. The third-order valence-corrected chi connectivity index (χ3v) is 1.13. The van der Waals surface area contributed by atoms with Gasteiger partial charge in [0.05, 0.1) is 0 Å². The van der Waals surface area contributed by atoms with Crippen molar-refractivity contribution >= 4 is 0 Å². The van der Waals surface area contributed by atoms with Crippen molar-refractivity contribution in [3.63, 3.8) is 0 Å². The Balaban J connectivity index is 3.25. The Morgan fingerprint density at radius 2 is 2.00 bits per heavy atom. The molecule has 0 aliphatic carbocycles. The quantitative estimate of drug-likeness (QED) is 0.523. The zero-order valence-corrected chi connectivity index (χ0v) is 6.98. The summed E-state index contributed by atoms with van der Waals surface area (Å²) in [6.45, 7) is 4.31. The van der Waals surface area contributed by atoms with Crippen LogP contribution in [0.2, 0.25) is 0 Å². The highest BCUT2D eigenvalue weighted by molar-refractivity contribution is 5.14. The van der Waals surface area contributed by atoms with Crippen LogP contribution in [0.4, 0.5) is 0 Å². The molecule has 0 atom stereocenters. The summed E-state index contributed by atoms with van der Waals surface area (Å²) >= 11 is 0. The Bertz CT molecular complexity index is 132. The molecule has 0 nitrogen and oxygen atoms in total. The third kappa shape index (κ3) is 7.30. The second-order valence-electron chi connectivity index (χ2n) is 2.26. The van der Waals surface area contributed by atoms with Crippen molar-refractivity contribution in [2.75, 3.05) is 0 Å². The van der Waals surface area contributed by atoms with E-state index < -0.39 is 0 Å². The van der Waals surface area contributed by atoms with Crippen LogP contribution < -0.4 is 0 Å². The minimum Gasteiger partial charge on any atom is -0.0985 e. The number of allylic oxidation sites excluding steroid dienone is 2. The number of rotatable bonds is 3. The van der Waals surface area contributed by atoms with E-state index in [0.717, 1.165) is 19.3 Å². The summed E-state index contributed by atoms with van der Waals surface area (Å²) in [4.78, 5) is 0. The van der Waals surface area contributed by atoms with Crippen LogP contribution in [0.3, 0.4) is 0 Å². The topological polar surface area (TPSA) is 0 Å². The van der Waals surface area contributed by atoms with Crippen LogP contribution in [0.25, 0.3) is 0 Å². The molecular weight excluding hydrogens is 120 g/mol. The Labute approximate surface area is 64.3 Å². The average Bonchev–Trinajstić information content (AvgIpc) is 1.97. The van der Waals surface area contributed by atoms with Crippen molar-refractivity contribution in [1.29, 1.82) is 0 Å². The van der Waals surface area contributed by atoms with Gasteiger partial charge in [0, 0.05) is 6.42 Å². The minimum absolute atomic E-state index is 1.02. The van der Waals surface area contributed by atoms with Crippen LogP contribution in [0.15, 0.2) is 12.2 Å². The van der Waals surface area contributed by atoms with Crippen LogP contribution in [-0.4, -0.2) is 0 Å². The number of hydrogen-bond donors (Lipinski definition) is 0. The van der Waals surface area contributed by atoms with Gasteiger partial charge in [-0.25, -0.2) is 0 Å². The lowest BCUT2D eigenvalue weighted by Gasteiger charge is -1.78. The van der Waals surface area contributed by atoms with Crippen molar-refractivity contribution in [2.24, 2.45) is 0 Å². The van der Waals surface area contributed by atoms with Crippen LogP contribution in [0, 0.1) is 11.8 Å². The average molecular weight is 136 g/mol. The van der Waals surface area contributed by atoms with E-state index in [1.807, 2.05) is 6.08 Å². The van der Waals surface area contributed by atoms with Crippen molar-refractivity contribution in [2.45, 2.75) is 39.5 Å². The minimum atomic E-state index is 1.02. The second-order valence-corrected chi connectivity index (χ2v) is 2.26. The first kappa shape index (κ1) is 9.30. The smallest absolute Gasteiger partial charge is 0.00896 e. The molecule has 0 N–H and O–H groups in total. The maximum absolute atomic E-state index is 3.06. The second kappa shape index (κ2) is 8.30. The fourth-order valence-electron chi connectivity index (χ4n) is 0.565. The van der Waals surface area contributed by atoms with E-state index in [0.29, 0.717) is 0 Å². The maximum atomic E-state index is 3.06. The van der Waals surface area contributed by atoms with Gasteiger partial charge in [0.25, 0.3) is 0 Å². The van der Waals surface area contributed by atoms with Gasteiger partial charge in [-0.2, -0.15) is 0 Å². The van der Waals surface area contributed by atoms with E-state index in [1.165, 1.54) is 6.42 Å². The molecule has 0 heterocycles. The highest BCUT2D eigenvalue weighted by Gasteiger charge is 1.69. The van der Waals surface area contributed by atoms with E-state index in [-0.39, 0.29) is 0 Å². The zero-order chi connectivity index (χ0) is 7.66. The SMILES string of the molecule is CCCC#C/C=C\CCC. The standard InChI is InChI=1S/C10H16/c1-3-5-7-9-10-8-6-4-2/h7,9H,3-6H2,1-2H3/b9-7-. The van der Waals surface area contributed by atoms with Gasteiger partial charge in [0.2, 0.25) is 0 Å². The third-order valence-electron chi connectivity index (χ3n) is 1.13. The Kier molecular flexibility index (Phi) is 7.72. The van der Waals surface area contributed by atoms with Crippen LogP contribution in [0.5, 0.6) is 0 Å². The predicted molar refractivity (Wildman–Crippen MR) is 46.7 cm³/mol. The molecule has 0 bridgehead atoms. The molecule has 0 aliphatic heterocycles. The van der Waals surface area contributed by atoms with Crippen LogP contribution in [0.1, 0.15) is 39.5 Å². The highest BCUT2D eigenvalue weighted by atomic mass is 13.7. The molecule has 56 valence electrons. The molecule has 0 heteroatoms. The fourth-order valence-corrected chi connectivity index (χ4v) is 0.565. The van der Waals surface area contributed by atoms with Gasteiger partial charge in [-0.05, 0) is 18.9 Å². The van der Waals surface area contributed by atoms with Crippen molar-refractivity contribution in [1.82, 2.24) is 0 Å². The van der Waals surface area contributed by atoms with Gasteiger partial charge in [-0.15, -0.1) is 0 Å². The van der Waals surface area contributed by atoms with Crippen molar-refractivity contribution in [3.8, 4) is 11.8 Å². The lowest BCUT2D eigenvalue weighted by molar-refractivity contribution is 0.959. The van der Waals surface area contributed by atoms with Gasteiger partial charge in [-0.3, -0.25) is 0 Å². The van der Waals surface area contributed by atoms with Crippen molar-refractivity contribution < 1.29 is 0 Å². The molecule has 0 saturated heterocycles. The zero-order valence-electron chi connectivity index (χ0n) is 6.98. The van der Waals surface area contributed by atoms with Crippen LogP contribution >= 0.6 is 0 Å². The number of hydrogen-bond acceptors (Lipinski definition) is 0. The lowest BCUT2D eigenvalue weighted by atomic mass is 10.3. The summed E-state index contributed by atoms with van der Waals surface area (Å²) in [7, 11) is 0. The first-order chi connectivity index (χ1) is 4.91. The first-order valence-corrected chi connectivity index (χ1v) is 4.05. The molecule has 0 aromatic carbocycles. The van der Waals surface area contributed by atoms with Crippen molar-refractivity contribution in [3.05, 3.63) is 12.2 Å². The summed E-state index contributed by atoms with van der Waals surface area (Å²) in [5, 5.41) is 0. The van der Waals surface area contributed by atoms with E-state index in [9.17, 15) is 0 Å². The summed E-state index contributed by atoms with van der Waals surface area (Å²) < 4.78 is 0. The Morgan fingerprint density at radius 3 is 2.60 bits per heavy atom. The first-order valence-electron chi connectivity index (χ1n) is 4.05. The summed E-state index contributed by atoms with van der Waals surface area (Å²) in [6, 6.07) is 0. The molecule has 0 spiro atoms. The summed E-state index contributed by atoms with van der Waals surface area (Å²) in [6.07, 6.45) is 8.64. The fraction of sp³-hybridized carbons (Fsp3) is 0.600. The predicted octanol–water partition coefficient (Wildman–Crippen LogP) is 3.15. The van der Waals surface area contributed by atoms with Gasteiger partial charge in [0.1, 0.15) is 0 Å². The van der Waals surface area contributed by atoms with E-state index in [4.69, 9.17) is 0 Å². The molecule has 0 aliphatic rings.